The predicted octanol–water partition coefficient (Wildman–Crippen LogP) is 1.73. The van der Waals surface area contributed by atoms with Crippen LogP contribution in [-0.2, 0) is 4.74 Å². The second-order valence-electron chi connectivity index (χ2n) is 5.01. The fraction of sp³-hybridized carbons (Fsp3) is 0.250. The summed E-state index contributed by atoms with van der Waals surface area (Å²) in [5.74, 6) is 0.340. The molecule has 0 aliphatic heterocycles. The summed E-state index contributed by atoms with van der Waals surface area (Å²) in [6, 6.07) is 3.64. The van der Waals surface area contributed by atoms with E-state index in [0.717, 1.165) is 22.5 Å². The maximum Gasteiger partial charge on any atom is 0.146 e. The van der Waals surface area contributed by atoms with Gasteiger partial charge in [0.1, 0.15) is 12.4 Å². The van der Waals surface area contributed by atoms with Crippen molar-refractivity contribution in [1.29, 1.82) is 5.41 Å². The Morgan fingerprint density at radius 2 is 1.91 bits per heavy atom. The molecule has 0 aromatic heterocycles. The van der Waals surface area contributed by atoms with E-state index in [4.69, 9.17) is 26.7 Å². The molecule has 0 atom stereocenters. The first kappa shape index (κ1) is 15.8. The maximum atomic E-state index is 8.82. The van der Waals surface area contributed by atoms with Crippen LogP contribution in [0.25, 0.3) is 0 Å². The van der Waals surface area contributed by atoms with Gasteiger partial charge in [0.25, 0.3) is 0 Å². The van der Waals surface area contributed by atoms with Gasteiger partial charge < -0.3 is 21.3 Å². The molecular formula is C16H20N4O2. The van der Waals surface area contributed by atoms with Gasteiger partial charge in [-0.2, -0.15) is 0 Å². The van der Waals surface area contributed by atoms with Crippen molar-refractivity contribution >= 4 is 22.8 Å². The third kappa shape index (κ3) is 3.17. The van der Waals surface area contributed by atoms with E-state index in [0.29, 0.717) is 17.2 Å². The third-order valence-corrected chi connectivity index (χ3v) is 3.52. The van der Waals surface area contributed by atoms with Gasteiger partial charge >= 0.3 is 0 Å². The zero-order chi connectivity index (χ0) is 16.3. The molecule has 0 amide bonds. The third-order valence-electron chi connectivity index (χ3n) is 3.52. The minimum atomic E-state index is -0.118. The quantitative estimate of drug-likeness (QED) is 0.500. The number of benzene rings is 1. The highest BCUT2D eigenvalue weighted by Crippen LogP contribution is 2.27. The molecule has 0 saturated heterocycles. The number of nitrogens with one attached hydrogen (secondary N) is 1. The van der Waals surface area contributed by atoms with Crippen LogP contribution in [0.5, 0.6) is 0 Å². The Bertz CT molecular complexity index is 702. The molecule has 22 heavy (non-hydrogen) atoms. The van der Waals surface area contributed by atoms with Crippen molar-refractivity contribution in [3.8, 4) is 0 Å². The van der Waals surface area contributed by atoms with Crippen molar-refractivity contribution in [3.05, 3.63) is 46.9 Å². The number of nitrogens with zero attached hydrogens (tertiary/aromatic N) is 1. The molecule has 1 aromatic rings. The number of aliphatic hydroxyl groups is 1. The number of aliphatic imine (C=N–C) groups is 1. The van der Waals surface area contributed by atoms with Crippen molar-refractivity contribution in [3.63, 3.8) is 0 Å². The second-order valence-corrected chi connectivity index (χ2v) is 5.01. The topological polar surface area (TPSA) is 118 Å². The molecule has 1 aromatic carbocycles. The number of ether oxygens (including phenoxy) is 1. The summed E-state index contributed by atoms with van der Waals surface area (Å²) in [4.78, 5) is 4.55. The molecule has 0 fully saturated rings. The zero-order valence-electron chi connectivity index (χ0n) is 12.7. The fourth-order valence-electron chi connectivity index (χ4n) is 2.04. The average Bonchev–Trinajstić information content (AvgIpc) is 2.49. The summed E-state index contributed by atoms with van der Waals surface area (Å²) in [6.45, 7) is 3.89. The van der Waals surface area contributed by atoms with Crippen molar-refractivity contribution in [1.82, 2.24) is 0 Å². The average molecular weight is 300 g/mol. The van der Waals surface area contributed by atoms with E-state index >= 15 is 0 Å². The molecule has 0 unspecified atom stereocenters. The standard InChI is InChI=1S/C16H20N4O2/c1-9-10(2)14(4-3-11(9)17)20-15-8-16(22-6-5-21)13(19)7-12(15)18/h3-4,7-8,19,21H,5-6,17-18H2,1-2H3. The lowest BCUT2D eigenvalue weighted by atomic mass is 10.0. The molecule has 6 N–H and O–H groups in total. The number of anilines is 1. The highest BCUT2D eigenvalue weighted by molar-refractivity contribution is 6.22. The van der Waals surface area contributed by atoms with Crippen LogP contribution < -0.4 is 11.5 Å². The molecule has 6 nitrogen and oxygen atoms in total. The minimum absolute atomic E-state index is 0.118. The Morgan fingerprint density at radius 3 is 2.59 bits per heavy atom. The molecular weight excluding hydrogens is 280 g/mol. The Balaban J connectivity index is 2.41. The van der Waals surface area contributed by atoms with Gasteiger partial charge in [0.15, 0.2) is 0 Å². The first-order valence-corrected chi connectivity index (χ1v) is 6.90. The predicted molar refractivity (Wildman–Crippen MR) is 88.5 cm³/mol. The number of aliphatic hydroxyl groups excluding tert-OH is 1. The molecule has 0 bridgehead atoms. The summed E-state index contributed by atoms with van der Waals surface area (Å²) in [7, 11) is 0. The van der Waals surface area contributed by atoms with Crippen LogP contribution in [0.3, 0.4) is 0 Å². The second kappa shape index (κ2) is 6.44. The van der Waals surface area contributed by atoms with Gasteiger partial charge in [0.2, 0.25) is 0 Å². The van der Waals surface area contributed by atoms with Gasteiger partial charge in [-0.05, 0) is 43.2 Å². The van der Waals surface area contributed by atoms with Crippen molar-refractivity contribution in [2.45, 2.75) is 13.8 Å². The van der Waals surface area contributed by atoms with Crippen molar-refractivity contribution in [2.75, 3.05) is 18.9 Å². The van der Waals surface area contributed by atoms with Crippen molar-refractivity contribution in [2.24, 2.45) is 10.7 Å². The van der Waals surface area contributed by atoms with Crippen LogP contribution in [-0.4, -0.2) is 29.7 Å². The monoisotopic (exact) mass is 300 g/mol. The smallest absolute Gasteiger partial charge is 0.146 e. The van der Waals surface area contributed by atoms with Gasteiger partial charge in [0.05, 0.1) is 29.4 Å². The molecule has 0 spiro atoms. The first-order chi connectivity index (χ1) is 10.4. The van der Waals surface area contributed by atoms with Gasteiger partial charge in [-0.3, -0.25) is 5.41 Å². The molecule has 2 rings (SSSR count). The summed E-state index contributed by atoms with van der Waals surface area (Å²) >= 11 is 0. The lowest BCUT2D eigenvalue weighted by molar-refractivity contribution is 0.156. The number of allylic oxidation sites excluding steroid dienone is 2. The minimum Gasteiger partial charge on any atom is -0.489 e. The van der Waals surface area contributed by atoms with Gasteiger partial charge in [-0.25, -0.2) is 4.99 Å². The Morgan fingerprint density at radius 1 is 1.18 bits per heavy atom. The van der Waals surface area contributed by atoms with Crippen LogP contribution >= 0.6 is 0 Å². The largest absolute Gasteiger partial charge is 0.489 e. The molecule has 6 heteroatoms. The van der Waals surface area contributed by atoms with Gasteiger partial charge in [-0.1, -0.05) is 0 Å². The van der Waals surface area contributed by atoms with E-state index in [2.05, 4.69) is 4.99 Å². The van der Waals surface area contributed by atoms with E-state index < -0.39 is 0 Å². The van der Waals surface area contributed by atoms with Crippen molar-refractivity contribution < 1.29 is 9.84 Å². The van der Waals surface area contributed by atoms with Crippen LogP contribution in [0.1, 0.15) is 11.1 Å². The molecule has 1 aliphatic rings. The lowest BCUT2D eigenvalue weighted by Gasteiger charge is -2.15. The van der Waals surface area contributed by atoms with Gasteiger partial charge in [-0.15, -0.1) is 0 Å². The van der Waals surface area contributed by atoms with E-state index in [1.807, 2.05) is 19.9 Å². The summed E-state index contributed by atoms with van der Waals surface area (Å²) < 4.78 is 5.32. The van der Waals surface area contributed by atoms with Crippen LogP contribution in [0.4, 0.5) is 11.4 Å². The number of hydrogen-bond donors (Lipinski definition) is 4. The van der Waals surface area contributed by atoms with E-state index in [1.165, 1.54) is 6.08 Å². The Labute approximate surface area is 129 Å². The van der Waals surface area contributed by atoms with E-state index in [9.17, 15) is 0 Å². The van der Waals surface area contributed by atoms with Crippen LogP contribution in [0, 0.1) is 19.3 Å². The van der Waals surface area contributed by atoms with E-state index in [1.54, 1.807) is 12.1 Å². The molecule has 0 radical (unpaired) electrons. The Hall–Kier alpha value is -2.60. The number of hydrogen-bond acceptors (Lipinski definition) is 6. The molecule has 116 valence electrons. The highest BCUT2D eigenvalue weighted by Gasteiger charge is 2.16. The lowest BCUT2D eigenvalue weighted by Crippen LogP contribution is -2.20. The number of nitrogens with two attached hydrogens (primary N) is 2. The normalized spacial score (nSPS) is 16.5. The maximum absolute atomic E-state index is 8.82. The SMILES string of the molecule is Cc1c(N)ccc(N=C2C=C(OCCO)C(=N)C=C2N)c1C. The van der Waals surface area contributed by atoms with Crippen LogP contribution in [0.15, 0.2) is 40.7 Å². The molecule has 0 saturated carbocycles. The van der Waals surface area contributed by atoms with E-state index in [-0.39, 0.29) is 18.9 Å². The molecule has 0 heterocycles. The van der Waals surface area contributed by atoms with Crippen LogP contribution in [0.2, 0.25) is 0 Å². The highest BCUT2D eigenvalue weighted by atomic mass is 16.5. The summed E-state index contributed by atoms with van der Waals surface area (Å²) in [6.07, 6.45) is 3.10. The zero-order valence-corrected chi connectivity index (χ0v) is 12.7. The number of rotatable bonds is 4. The number of nitrogen functional groups attached to an aromatic ring is 1. The van der Waals surface area contributed by atoms with Gasteiger partial charge in [0, 0.05) is 11.8 Å². The molecule has 1 aliphatic carbocycles. The summed E-state index contributed by atoms with van der Waals surface area (Å²) in [5, 5.41) is 16.7. The fourth-order valence-corrected chi connectivity index (χ4v) is 2.04. The summed E-state index contributed by atoms with van der Waals surface area (Å²) in [5.41, 5.74) is 16.4. The Kier molecular flexibility index (Phi) is 4.62. The first-order valence-electron chi connectivity index (χ1n) is 6.90.